The van der Waals surface area contributed by atoms with Crippen LogP contribution in [0, 0.1) is 0 Å². The highest BCUT2D eigenvalue weighted by atomic mass is 35.5. The lowest BCUT2D eigenvalue weighted by atomic mass is 9.72. The third-order valence-corrected chi connectivity index (χ3v) is 10.1. The molecule has 0 radical (unpaired) electrons. The Morgan fingerprint density at radius 1 is 0.925 bits per heavy atom. The molecule has 3 aromatic carbocycles. The normalized spacial score (nSPS) is 21.3. The maximum Gasteiger partial charge on any atom is 0.242 e. The number of rotatable bonds is 7. The second-order valence-electron chi connectivity index (χ2n) is 11.6. The van der Waals surface area contributed by atoms with Crippen LogP contribution in [-0.4, -0.2) is 39.3 Å². The molecule has 0 fully saturated rings. The van der Waals surface area contributed by atoms with Crippen LogP contribution in [-0.2, 0) is 26.5 Å². The highest BCUT2D eigenvalue weighted by Gasteiger charge is 2.52. The molecule has 0 saturated heterocycles. The van der Waals surface area contributed by atoms with Crippen molar-refractivity contribution >= 4 is 39.1 Å². The van der Waals surface area contributed by atoms with E-state index < -0.39 is 26.5 Å². The smallest absolute Gasteiger partial charge is 0.242 e. The number of nitrogens with zero attached hydrogens (tertiary/aromatic N) is 2. The fraction of sp³-hybridized carbons (Fsp3) is 0.387. The minimum absolute atomic E-state index is 0.223. The van der Waals surface area contributed by atoms with Gasteiger partial charge >= 0.3 is 0 Å². The van der Waals surface area contributed by atoms with Crippen molar-refractivity contribution in [2.75, 3.05) is 20.7 Å². The predicted octanol–water partition coefficient (Wildman–Crippen LogP) is 7.12. The van der Waals surface area contributed by atoms with Crippen molar-refractivity contribution < 1.29 is 13.2 Å². The summed E-state index contributed by atoms with van der Waals surface area (Å²) in [5.74, 6) is 1.10. The Morgan fingerprint density at radius 2 is 1.45 bits per heavy atom. The van der Waals surface area contributed by atoms with E-state index >= 15 is 0 Å². The zero-order chi connectivity index (χ0) is 29.7. The standard InChI is InChI=1S/C31H37Cl2N3O3S/c1-9-39-26-19-25(29(2,3)4)27(40(37,38)36(7)8)18-24(26)28-34-30(5,20-10-14-22(32)15-11-20)31(6,35-28)21-12-16-23(33)17-13-21/h10-19H,9H2,1-8H3,(H,34,35)/t30-,31-/m0/s1. The van der Waals surface area contributed by atoms with Crippen molar-refractivity contribution in [3.05, 3.63) is 93.0 Å². The van der Waals surface area contributed by atoms with Gasteiger partial charge in [-0.15, -0.1) is 0 Å². The molecule has 0 aliphatic carbocycles. The van der Waals surface area contributed by atoms with Crippen molar-refractivity contribution in [2.45, 2.75) is 62.9 Å². The lowest BCUT2D eigenvalue weighted by Crippen LogP contribution is -2.50. The number of sulfonamides is 1. The lowest BCUT2D eigenvalue weighted by molar-refractivity contribution is 0.268. The molecule has 4 rings (SSSR count). The molecule has 6 nitrogen and oxygen atoms in total. The molecule has 3 aromatic rings. The summed E-state index contributed by atoms with van der Waals surface area (Å²) >= 11 is 12.5. The fourth-order valence-corrected chi connectivity index (χ4v) is 6.68. The van der Waals surface area contributed by atoms with Gasteiger partial charge in [0.2, 0.25) is 10.0 Å². The second kappa shape index (κ2) is 10.7. The molecule has 1 aliphatic rings. The number of halogens is 2. The molecule has 214 valence electrons. The molecule has 1 heterocycles. The van der Waals surface area contributed by atoms with Crippen molar-refractivity contribution in [2.24, 2.45) is 4.99 Å². The van der Waals surface area contributed by atoms with Crippen molar-refractivity contribution in [3.63, 3.8) is 0 Å². The van der Waals surface area contributed by atoms with Gasteiger partial charge in [-0.1, -0.05) is 68.2 Å². The van der Waals surface area contributed by atoms with Gasteiger partial charge in [-0.25, -0.2) is 12.7 Å². The fourth-order valence-electron chi connectivity index (χ4n) is 5.13. The van der Waals surface area contributed by atoms with E-state index in [1.165, 1.54) is 4.31 Å². The summed E-state index contributed by atoms with van der Waals surface area (Å²) in [5.41, 5.74) is 1.19. The molecule has 9 heteroatoms. The van der Waals surface area contributed by atoms with Crippen LogP contribution in [0.25, 0.3) is 0 Å². The molecule has 0 aromatic heterocycles. The van der Waals surface area contributed by atoms with Gasteiger partial charge in [0.25, 0.3) is 0 Å². The molecule has 0 unspecified atom stereocenters. The van der Waals surface area contributed by atoms with Crippen LogP contribution >= 0.6 is 23.2 Å². The number of aliphatic imine (C=N–C) groups is 1. The van der Waals surface area contributed by atoms with Gasteiger partial charge in [-0.05, 0) is 79.3 Å². The highest BCUT2D eigenvalue weighted by Crippen LogP contribution is 2.49. The predicted molar refractivity (Wildman–Crippen MR) is 164 cm³/mol. The van der Waals surface area contributed by atoms with Crippen LogP contribution in [0.3, 0.4) is 0 Å². The van der Waals surface area contributed by atoms with Crippen molar-refractivity contribution in [1.29, 1.82) is 0 Å². The SMILES string of the molecule is CCOc1cc(C(C)(C)C)c(S(=O)(=O)N(C)C)cc1C1=N[C@@](C)(c2ccc(Cl)cc2)[C@](C)(c2ccc(Cl)cc2)N1. The molecule has 2 atom stereocenters. The second-order valence-corrected chi connectivity index (χ2v) is 14.6. The summed E-state index contributed by atoms with van der Waals surface area (Å²) in [5, 5.41) is 4.94. The van der Waals surface area contributed by atoms with E-state index in [4.69, 9.17) is 32.9 Å². The first kappa shape index (κ1) is 30.4. The molecular formula is C31H37Cl2N3O3S. The minimum atomic E-state index is -3.78. The van der Waals surface area contributed by atoms with E-state index in [1.54, 1.807) is 20.2 Å². The summed E-state index contributed by atoms with van der Waals surface area (Å²) in [6.07, 6.45) is 0. The van der Waals surface area contributed by atoms with E-state index in [2.05, 4.69) is 19.2 Å². The Bertz CT molecular complexity index is 1550. The third kappa shape index (κ3) is 5.25. The first-order valence-corrected chi connectivity index (χ1v) is 15.4. The van der Waals surface area contributed by atoms with Crippen LogP contribution in [0.15, 0.2) is 70.6 Å². The molecule has 0 spiro atoms. The summed E-state index contributed by atoms with van der Waals surface area (Å²) in [4.78, 5) is 5.51. The molecule has 0 bridgehead atoms. The quantitative estimate of drug-likeness (QED) is 0.313. The van der Waals surface area contributed by atoms with Gasteiger partial charge in [0.15, 0.2) is 0 Å². The Hall–Kier alpha value is -2.58. The van der Waals surface area contributed by atoms with Crippen molar-refractivity contribution in [1.82, 2.24) is 9.62 Å². The van der Waals surface area contributed by atoms with Gasteiger partial charge in [-0.3, -0.25) is 4.99 Å². The monoisotopic (exact) mass is 601 g/mol. The number of nitrogens with one attached hydrogen (secondary N) is 1. The van der Waals surface area contributed by atoms with E-state index in [-0.39, 0.29) is 4.90 Å². The molecule has 1 N–H and O–H groups in total. The van der Waals surface area contributed by atoms with Crippen LogP contribution in [0.1, 0.15) is 63.8 Å². The topological polar surface area (TPSA) is 71.0 Å². The summed E-state index contributed by atoms with van der Waals surface area (Å²) < 4.78 is 34.6. The largest absolute Gasteiger partial charge is 0.493 e. The van der Waals surface area contributed by atoms with E-state index in [0.29, 0.717) is 39.4 Å². The zero-order valence-electron chi connectivity index (χ0n) is 24.3. The number of ether oxygens (including phenoxy) is 1. The minimum Gasteiger partial charge on any atom is -0.493 e. The number of benzene rings is 3. The van der Waals surface area contributed by atoms with Gasteiger partial charge in [0, 0.05) is 24.1 Å². The summed E-state index contributed by atoms with van der Waals surface area (Å²) in [6, 6.07) is 18.9. The van der Waals surface area contributed by atoms with Gasteiger partial charge in [-0.2, -0.15) is 0 Å². The van der Waals surface area contributed by atoms with Crippen LogP contribution < -0.4 is 10.1 Å². The average molecular weight is 603 g/mol. The highest BCUT2D eigenvalue weighted by molar-refractivity contribution is 7.89. The molecule has 0 amide bonds. The Morgan fingerprint density at radius 3 is 1.93 bits per heavy atom. The first-order valence-electron chi connectivity index (χ1n) is 13.2. The van der Waals surface area contributed by atoms with Gasteiger partial charge < -0.3 is 10.1 Å². The average Bonchev–Trinajstić information content (AvgIpc) is 3.16. The summed E-state index contributed by atoms with van der Waals surface area (Å²) in [6.45, 7) is 12.4. The molecule has 40 heavy (non-hydrogen) atoms. The van der Waals surface area contributed by atoms with E-state index in [0.717, 1.165) is 11.1 Å². The lowest BCUT2D eigenvalue weighted by Gasteiger charge is -2.40. The maximum atomic E-state index is 13.6. The zero-order valence-corrected chi connectivity index (χ0v) is 26.6. The third-order valence-electron chi connectivity index (χ3n) is 7.71. The Balaban J connectivity index is 2.03. The molecular weight excluding hydrogens is 565 g/mol. The Kier molecular flexibility index (Phi) is 8.11. The van der Waals surface area contributed by atoms with E-state index in [1.807, 2.05) is 82.3 Å². The van der Waals surface area contributed by atoms with E-state index in [9.17, 15) is 8.42 Å². The van der Waals surface area contributed by atoms with Crippen molar-refractivity contribution in [3.8, 4) is 5.75 Å². The molecule has 0 saturated carbocycles. The van der Waals surface area contributed by atoms with Crippen LogP contribution in [0.2, 0.25) is 10.0 Å². The first-order chi connectivity index (χ1) is 18.5. The number of amidine groups is 1. The molecule has 1 aliphatic heterocycles. The van der Waals surface area contributed by atoms with Crippen LogP contribution in [0.4, 0.5) is 0 Å². The van der Waals surface area contributed by atoms with Gasteiger partial charge in [0.05, 0.1) is 22.6 Å². The maximum absolute atomic E-state index is 13.6. The number of hydrogen-bond acceptors (Lipinski definition) is 5. The van der Waals surface area contributed by atoms with Gasteiger partial charge in [0.1, 0.15) is 17.1 Å². The Labute approximate surface area is 248 Å². The number of hydrogen-bond donors (Lipinski definition) is 1. The summed E-state index contributed by atoms with van der Waals surface area (Å²) in [7, 11) is -0.700. The van der Waals surface area contributed by atoms with Crippen LogP contribution in [0.5, 0.6) is 5.75 Å².